The van der Waals surface area contributed by atoms with E-state index in [4.69, 9.17) is 0 Å². The summed E-state index contributed by atoms with van der Waals surface area (Å²) in [5.74, 6) is 0. The number of fused-ring (bicyclic) bond motifs is 7. The van der Waals surface area contributed by atoms with Gasteiger partial charge in [0.2, 0.25) is 13.4 Å². The average molecular weight is 923 g/mol. The zero-order chi connectivity index (χ0) is 48.3. The minimum atomic E-state index is -0.683. The van der Waals surface area contributed by atoms with Gasteiger partial charge in [0.25, 0.3) is 0 Å². The Morgan fingerprint density at radius 3 is 0.945 bits per heavy atom. The molecular weight excluding hydrogens is 874 g/mol. The Kier molecular flexibility index (Phi) is 10.4. The van der Waals surface area contributed by atoms with E-state index in [1.165, 1.54) is 120 Å². The molecule has 14 rings (SSSR count). The molecule has 73 heavy (non-hydrogen) atoms. The van der Waals surface area contributed by atoms with Crippen molar-refractivity contribution in [2.45, 2.75) is 5.41 Å². The van der Waals surface area contributed by atoms with Crippen LogP contribution in [0.15, 0.2) is 291 Å². The molecule has 0 aliphatic heterocycles. The molecule has 0 saturated heterocycles. The lowest BCUT2D eigenvalue weighted by atomic mass is 9.35. The van der Waals surface area contributed by atoms with E-state index in [2.05, 4.69) is 291 Å². The fourth-order valence-electron chi connectivity index (χ4n) is 12.8. The van der Waals surface area contributed by atoms with E-state index in [0.29, 0.717) is 0 Å². The van der Waals surface area contributed by atoms with Crippen LogP contribution in [0, 0.1) is 0 Å². The third-order valence-corrected chi connectivity index (χ3v) is 16.0. The first-order valence-corrected chi connectivity index (χ1v) is 25.6. The average Bonchev–Trinajstić information content (AvgIpc) is 3.76. The summed E-state index contributed by atoms with van der Waals surface area (Å²) in [5.41, 5.74) is 17.1. The molecule has 1 aliphatic carbocycles. The molecule has 2 heteroatoms. The Balaban J connectivity index is 1.07. The first-order valence-electron chi connectivity index (χ1n) is 25.6. The van der Waals surface area contributed by atoms with Gasteiger partial charge in [-0.05, 0) is 87.6 Å². The normalized spacial score (nSPS) is 12.5. The summed E-state index contributed by atoms with van der Waals surface area (Å²) in [7, 11) is 0. The molecule has 0 nitrogen and oxygen atoms in total. The van der Waals surface area contributed by atoms with E-state index in [1.54, 1.807) is 0 Å². The molecule has 0 heterocycles. The van der Waals surface area contributed by atoms with Crippen LogP contribution in [0.25, 0.3) is 65.3 Å². The van der Waals surface area contributed by atoms with Gasteiger partial charge in [-0.1, -0.05) is 324 Å². The highest BCUT2D eigenvalue weighted by molar-refractivity contribution is 6.99. The minimum absolute atomic E-state index is 0.0576. The zero-order valence-corrected chi connectivity index (χ0v) is 40.4. The molecule has 0 unspecified atom stereocenters. The molecule has 0 saturated carbocycles. The maximum atomic E-state index is 2.59. The summed E-state index contributed by atoms with van der Waals surface area (Å²) in [4.78, 5) is 0. The Labute approximate surface area is 428 Å². The molecule has 338 valence electrons. The van der Waals surface area contributed by atoms with Crippen LogP contribution < -0.4 is 32.8 Å². The predicted molar refractivity (Wildman–Crippen MR) is 314 cm³/mol. The Bertz CT molecular complexity index is 3820. The van der Waals surface area contributed by atoms with Crippen LogP contribution in [-0.4, -0.2) is 13.4 Å². The molecule has 0 fully saturated rings. The molecule has 1 aliphatic rings. The van der Waals surface area contributed by atoms with Crippen LogP contribution >= 0.6 is 0 Å². The molecule has 0 aromatic heterocycles. The van der Waals surface area contributed by atoms with E-state index in [1.807, 2.05) is 0 Å². The maximum absolute atomic E-state index is 2.59. The van der Waals surface area contributed by atoms with Gasteiger partial charge in [-0.25, -0.2) is 0 Å². The van der Waals surface area contributed by atoms with Gasteiger partial charge in [0, 0.05) is 0 Å². The van der Waals surface area contributed by atoms with Crippen molar-refractivity contribution in [1.82, 2.24) is 0 Å². The van der Waals surface area contributed by atoms with Crippen molar-refractivity contribution in [2.24, 2.45) is 0 Å². The second-order valence-electron chi connectivity index (χ2n) is 19.8. The SMILES string of the molecule is c1ccc(-c2ccc(C3(c4ccccc4)c4cc(B(c5cccc6ccccc56)c5cccc6ccccc56)ccc4-c4ccc(B(c5cccc6ccccc56)c5cccc6ccccc56)cc43)cc2)cc1. The highest BCUT2D eigenvalue weighted by atomic mass is 14.5. The molecule has 13 aromatic carbocycles. The van der Waals surface area contributed by atoms with Gasteiger partial charge in [0.15, 0.2) is 0 Å². The van der Waals surface area contributed by atoms with Crippen LogP contribution in [0.2, 0.25) is 0 Å². The molecule has 0 N–H and O–H groups in total. The van der Waals surface area contributed by atoms with Gasteiger partial charge < -0.3 is 0 Å². The van der Waals surface area contributed by atoms with E-state index >= 15 is 0 Å². The van der Waals surface area contributed by atoms with Crippen molar-refractivity contribution in [3.63, 3.8) is 0 Å². The first kappa shape index (κ1) is 42.9. The molecular formula is C71H48B2. The smallest absolute Gasteiger partial charge is 0.0682 e. The molecule has 0 radical (unpaired) electrons. The van der Waals surface area contributed by atoms with E-state index in [9.17, 15) is 0 Å². The standard InChI is InChI=1S/C71H48B2/c1-3-19-49(20-4-1)50-39-41-56(42-40-50)71(55-29-5-2-6-30-55)65-47-57(72(67-35-15-25-51-21-7-11-31-59(51)67)68-36-16-26-52-22-8-12-32-60(52)68)43-45-63(65)64-46-44-58(48-66(64)71)73(69-37-17-27-53-23-9-13-33-61(53)69)70-38-18-28-54-24-10-14-34-62(54)70/h1-48H. The Morgan fingerprint density at radius 2 is 0.548 bits per heavy atom. The number of hydrogen-bond donors (Lipinski definition) is 0. The number of rotatable bonds is 9. The Hall–Kier alpha value is -8.97. The highest BCUT2D eigenvalue weighted by Gasteiger charge is 2.47. The summed E-state index contributed by atoms with van der Waals surface area (Å²) >= 11 is 0. The lowest BCUT2D eigenvalue weighted by Crippen LogP contribution is -2.53. The molecule has 0 atom stereocenters. The van der Waals surface area contributed by atoms with E-state index in [0.717, 1.165) is 0 Å². The van der Waals surface area contributed by atoms with Crippen LogP contribution in [0.4, 0.5) is 0 Å². The third kappa shape index (κ3) is 7.01. The summed E-state index contributed by atoms with van der Waals surface area (Å²) in [6.07, 6.45) is 0. The first-order chi connectivity index (χ1) is 36.2. The number of hydrogen-bond acceptors (Lipinski definition) is 0. The van der Waals surface area contributed by atoms with Gasteiger partial charge in [0.05, 0.1) is 5.41 Å². The molecule has 0 spiro atoms. The molecule has 0 amide bonds. The zero-order valence-electron chi connectivity index (χ0n) is 40.4. The quantitative estimate of drug-likeness (QED) is 0.127. The summed E-state index contributed by atoms with van der Waals surface area (Å²) in [6.45, 7) is -0.115. The van der Waals surface area contributed by atoms with Crippen molar-refractivity contribution >= 4 is 89.3 Å². The van der Waals surface area contributed by atoms with Crippen LogP contribution in [0.3, 0.4) is 0 Å². The van der Waals surface area contributed by atoms with Crippen molar-refractivity contribution in [2.75, 3.05) is 0 Å². The lowest BCUT2D eigenvalue weighted by molar-refractivity contribution is 0.770. The predicted octanol–water partition coefficient (Wildman–Crippen LogP) is 13.4. The second-order valence-corrected chi connectivity index (χ2v) is 19.8. The van der Waals surface area contributed by atoms with Crippen LogP contribution in [0.5, 0.6) is 0 Å². The molecule has 13 aromatic rings. The fraction of sp³-hybridized carbons (Fsp3) is 0.0141. The largest absolute Gasteiger partial charge is 0.242 e. The van der Waals surface area contributed by atoms with Crippen molar-refractivity contribution < 1.29 is 0 Å². The monoisotopic (exact) mass is 922 g/mol. The fourth-order valence-corrected chi connectivity index (χ4v) is 12.8. The second kappa shape index (κ2) is 17.7. The van der Waals surface area contributed by atoms with Gasteiger partial charge in [-0.15, -0.1) is 0 Å². The summed E-state index contributed by atoms with van der Waals surface area (Å²) < 4.78 is 0. The van der Waals surface area contributed by atoms with Crippen molar-refractivity contribution in [1.29, 1.82) is 0 Å². The Morgan fingerprint density at radius 1 is 0.233 bits per heavy atom. The van der Waals surface area contributed by atoms with Crippen LogP contribution in [-0.2, 0) is 5.41 Å². The number of benzene rings is 13. The summed E-state index contributed by atoms with van der Waals surface area (Å²) in [5, 5.41) is 10.1. The summed E-state index contributed by atoms with van der Waals surface area (Å²) in [6, 6.07) is 110. The van der Waals surface area contributed by atoms with Gasteiger partial charge in [-0.2, -0.15) is 0 Å². The topological polar surface area (TPSA) is 0 Å². The maximum Gasteiger partial charge on any atom is 0.242 e. The minimum Gasteiger partial charge on any atom is -0.0682 e. The van der Waals surface area contributed by atoms with Gasteiger partial charge in [0.1, 0.15) is 0 Å². The van der Waals surface area contributed by atoms with E-state index in [-0.39, 0.29) is 13.4 Å². The van der Waals surface area contributed by atoms with Crippen molar-refractivity contribution in [3.8, 4) is 22.3 Å². The van der Waals surface area contributed by atoms with Crippen molar-refractivity contribution in [3.05, 3.63) is 313 Å². The lowest BCUT2D eigenvalue weighted by Gasteiger charge is -2.35. The van der Waals surface area contributed by atoms with Gasteiger partial charge in [-0.3, -0.25) is 0 Å². The van der Waals surface area contributed by atoms with Gasteiger partial charge >= 0.3 is 0 Å². The van der Waals surface area contributed by atoms with Crippen LogP contribution in [0.1, 0.15) is 22.3 Å². The third-order valence-electron chi connectivity index (χ3n) is 16.0. The van der Waals surface area contributed by atoms with E-state index < -0.39 is 5.41 Å². The molecule has 0 bridgehead atoms. The highest BCUT2D eigenvalue weighted by Crippen LogP contribution is 2.56.